The van der Waals surface area contributed by atoms with Crippen LogP contribution in [-0.4, -0.2) is 18.3 Å². The summed E-state index contributed by atoms with van der Waals surface area (Å²) in [5, 5.41) is 13.2. The van der Waals surface area contributed by atoms with E-state index in [2.05, 4.69) is 10.1 Å². The molecule has 0 radical (unpaired) electrons. The van der Waals surface area contributed by atoms with Crippen LogP contribution in [0.1, 0.15) is 30.2 Å². The Morgan fingerprint density at radius 2 is 1.87 bits per heavy atom. The Morgan fingerprint density at radius 1 is 1.13 bits per heavy atom. The minimum absolute atomic E-state index is 0.0151. The van der Waals surface area contributed by atoms with Crippen molar-refractivity contribution in [3.05, 3.63) is 65.5 Å². The van der Waals surface area contributed by atoms with Gasteiger partial charge in [-0.1, -0.05) is 30.3 Å². The third kappa shape index (κ3) is 4.97. The van der Waals surface area contributed by atoms with Crippen molar-refractivity contribution < 1.29 is 23.0 Å². The second-order valence-corrected chi connectivity index (χ2v) is 5.12. The molecule has 0 spiro atoms. The molecule has 6 heteroatoms. The summed E-state index contributed by atoms with van der Waals surface area (Å²) in [5.74, 6) is -0.340. The SMILES string of the molecule is CC(NCC(O)c1cccc(OC(F)F)c1)c1ccccc1F. The molecule has 2 unspecified atom stereocenters. The van der Waals surface area contributed by atoms with Gasteiger partial charge in [-0.2, -0.15) is 8.78 Å². The van der Waals surface area contributed by atoms with Gasteiger partial charge in [-0.05, 0) is 30.7 Å². The van der Waals surface area contributed by atoms with Crippen LogP contribution in [0.15, 0.2) is 48.5 Å². The Hall–Kier alpha value is -2.05. The van der Waals surface area contributed by atoms with Crippen LogP contribution in [0.2, 0.25) is 0 Å². The van der Waals surface area contributed by atoms with Gasteiger partial charge in [-0.15, -0.1) is 0 Å². The zero-order valence-corrected chi connectivity index (χ0v) is 12.5. The van der Waals surface area contributed by atoms with Crippen molar-refractivity contribution in [3.63, 3.8) is 0 Å². The Balaban J connectivity index is 1.97. The molecule has 0 saturated carbocycles. The van der Waals surface area contributed by atoms with Crippen molar-refractivity contribution in [3.8, 4) is 5.75 Å². The summed E-state index contributed by atoms with van der Waals surface area (Å²) in [6, 6.07) is 11.9. The molecular weight excluding hydrogens is 307 g/mol. The molecule has 2 aromatic rings. The molecule has 0 fully saturated rings. The van der Waals surface area contributed by atoms with Gasteiger partial charge in [-0.3, -0.25) is 0 Å². The van der Waals surface area contributed by atoms with Crippen molar-refractivity contribution in [2.24, 2.45) is 0 Å². The summed E-state index contributed by atoms with van der Waals surface area (Å²) in [6.07, 6.45) is -0.926. The maximum absolute atomic E-state index is 13.7. The van der Waals surface area contributed by atoms with Crippen LogP contribution < -0.4 is 10.1 Å². The predicted octanol–water partition coefficient (Wildman–Crippen LogP) is 3.81. The van der Waals surface area contributed by atoms with E-state index in [1.165, 1.54) is 24.3 Å². The van der Waals surface area contributed by atoms with E-state index < -0.39 is 12.7 Å². The average Bonchev–Trinajstić information content (AvgIpc) is 2.52. The topological polar surface area (TPSA) is 41.5 Å². The third-order valence-electron chi connectivity index (χ3n) is 3.46. The van der Waals surface area contributed by atoms with Gasteiger partial charge in [-0.25, -0.2) is 4.39 Å². The fourth-order valence-corrected chi connectivity index (χ4v) is 2.24. The molecule has 2 aromatic carbocycles. The number of hydrogen-bond acceptors (Lipinski definition) is 3. The maximum atomic E-state index is 13.7. The van der Waals surface area contributed by atoms with Crippen molar-refractivity contribution in [2.75, 3.05) is 6.54 Å². The highest BCUT2D eigenvalue weighted by Crippen LogP contribution is 2.22. The van der Waals surface area contributed by atoms with Gasteiger partial charge in [0, 0.05) is 18.2 Å². The highest BCUT2D eigenvalue weighted by atomic mass is 19.3. The lowest BCUT2D eigenvalue weighted by atomic mass is 10.1. The van der Waals surface area contributed by atoms with Crippen LogP contribution in [0, 0.1) is 5.82 Å². The van der Waals surface area contributed by atoms with Gasteiger partial charge in [0.2, 0.25) is 0 Å². The molecule has 0 amide bonds. The van der Waals surface area contributed by atoms with Gasteiger partial charge in [0.25, 0.3) is 0 Å². The number of rotatable bonds is 7. The highest BCUT2D eigenvalue weighted by molar-refractivity contribution is 5.30. The van der Waals surface area contributed by atoms with Crippen LogP contribution in [0.3, 0.4) is 0 Å². The summed E-state index contributed by atoms with van der Waals surface area (Å²) in [5.41, 5.74) is 0.936. The Labute approximate surface area is 132 Å². The van der Waals surface area contributed by atoms with Crippen LogP contribution in [-0.2, 0) is 0 Å². The number of aliphatic hydroxyl groups excluding tert-OH is 1. The molecule has 3 nitrogen and oxygen atoms in total. The second-order valence-electron chi connectivity index (χ2n) is 5.12. The quantitative estimate of drug-likeness (QED) is 0.813. The molecule has 0 saturated heterocycles. The zero-order chi connectivity index (χ0) is 16.8. The third-order valence-corrected chi connectivity index (χ3v) is 3.46. The Kier molecular flexibility index (Phi) is 6.01. The molecule has 0 aliphatic heterocycles. The summed E-state index contributed by atoms with van der Waals surface area (Å²) < 4.78 is 42.4. The average molecular weight is 325 g/mol. The lowest BCUT2D eigenvalue weighted by molar-refractivity contribution is -0.0499. The molecule has 2 atom stereocenters. The molecule has 2 rings (SSSR count). The molecular formula is C17H18F3NO2. The van der Waals surface area contributed by atoms with Crippen molar-refractivity contribution in [1.82, 2.24) is 5.32 Å². The minimum Gasteiger partial charge on any atom is -0.435 e. The first-order chi connectivity index (χ1) is 11.0. The first-order valence-corrected chi connectivity index (χ1v) is 7.18. The summed E-state index contributed by atoms with van der Waals surface area (Å²) >= 11 is 0. The normalized spacial score (nSPS) is 13.8. The molecule has 0 aliphatic carbocycles. The van der Waals surface area contributed by atoms with E-state index in [-0.39, 0.29) is 24.2 Å². The summed E-state index contributed by atoms with van der Waals surface area (Å²) in [7, 11) is 0. The predicted molar refractivity (Wildman–Crippen MR) is 80.9 cm³/mol. The van der Waals surface area contributed by atoms with E-state index in [0.717, 1.165) is 0 Å². The molecule has 0 bridgehead atoms. The van der Waals surface area contributed by atoms with Crippen LogP contribution in [0.5, 0.6) is 5.75 Å². The summed E-state index contributed by atoms with van der Waals surface area (Å²) in [6.45, 7) is -0.989. The van der Waals surface area contributed by atoms with E-state index in [4.69, 9.17) is 0 Å². The van der Waals surface area contributed by atoms with Crippen molar-refractivity contribution in [2.45, 2.75) is 25.7 Å². The first kappa shape index (κ1) is 17.3. The van der Waals surface area contributed by atoms with E-state index in [1.54, 1.807) is 31.2 Å². The molecule has 0 heterocycles. The van der Waals surface area contributed by atoms with Gasteiger partial charge < -0.3 is 15.2 Å². The van der Waals surface area contributed by atoms with Gasteiger partial charge in [0.05, 0.1) is 6.10 Å². The Bertz CT molecular complexity index is 637. The fraction of sp³-hybridized carbons (Fsp3) is 0.294. The summed E-state index contributed by atoms with van der Waals surface area (Å²) in [4.78, 5) is 0. The smallest absolute Gasteiger partial charge is 0.387 e. The maximum Gasteiger partial charge on any atom is 0.387 e. The second kappa shape index (κ2) is 7.99. The molecule has 23 heavy (non-hydrogen) atoms. The molecule has 0 aromatic heterocycles. The number of ether oxygens (including phenoxy) is 1. The molecule has 124 valence electrons. The van der Waals surface area contributed by atoms with E-state index in [1.807, 2.05) is 0 Å². The monoisotopic (exact) mass is 325 g/mol. The lowest BCUT2D eigenvalue weighted by Gasteiger charge is -2.18. The van der Waals surface area contributed by atoms with E-state index in [9.17, 15) is 18.3 Å². The number of nitrogens with one attached hydrogen (secondary N) is 1. The van der Waals surface area contributed by atoms with Crippen molar-refractivity contribution >= 4 is 0 Å². The van der Waals surface area contributed by atoms with Crippen LogP contribution in [0.4, 0.5) is 13.2 Å². The van der Waals surface area contributed by atoms with Crippen LogP contribution in [0.25, 0.3) is 0 Å². The number of benzene rings is 2. The van der Waals surface area contributed by atoms with E-state index >= 15 is 0 Å². The van der Waals surface area contributed by atoms with Gasteiger partial charge in [0.1, 0.15) is 11.6 Å². The number of hydrogen-bond donors (Lipinski definition) is 2. The highest BCUT2D eigenvalue weighted by Gasteiger charge is 2.14. The fourth-order valence-electron chi connectivity index (χ4n) is 2.24. The Morgan fingerprint density at radius 3 is 2.57 bits per heavy atom. The number of aliphatic hydroxyl groups is 1. The van der Waals surface area contributed by atoms with Gasteiger partial charge in [0.15, 0.2) is 0 Å². The van der Waals surface area contributed by atoms with Gasteiger partial charge >= 0.3 is 6.61 Å². The molecule has 2 N–H and O–H groups in total. The zero-order valence-electron chi connectivity index (χ0n) is 12.5. The standard InChI is InChI=1S/C17H18F3NO2/c1-11(14-7-2-3-8-15(14)18)21-10-16(22)12-5-4-6-13(9-12)23-17(19)20/h2-9,11,16-17,21-22H,10H2,1H3. The minimum atomic E-state index is -2.92. The van der Waals surface area contributed by atoms with Crippen molar-refractivity contribution in [1.29, 1.82) is 0 Å². The number of halogens is 3. The molecule has 0 aliphatic rings. The first-order valence-electron chi connectivity index (χ1n) is 7.18. The lowest BCUT2D eigenvalue weighted by Crippen LogP contribution is -2.25. The largest absolute Gasteiger partial charge is 0.435 e. The van der Waals surface area contributed by atoms with E-state index in [0.29, 0.717) is 11.1 Å². The number of alkyl halides is 2. The van der Waals surface area contributed by atoms with Crippen LogP contribution >= 0.6 is 0 Å².